The molecule has 8 nitrogen and oxygen atoms in total. The second-order valence-corrected chi connectivity index (χ2v) is 4.52. The van der Waals surface area contributed by atoms with Crippen molar-refractivity contribution in [3.63, 3.8) is 0 Å². The number of methoxy groups -OCH3 is 4. The SMILES string of the molecule is COC(=O)/C(Cl)=C(C(=O)OC)/C(C(=O)OC)=C(\Br)C(=O)OC. The second kappa shape index (κ2) is 9.21. The van der Waals surface area contributed by atoms with Gasteiger partial charge in [-0.1, -0.05) is 11.6 Å². The number of carbonyl (C=O) groups is 4. The van der Waals surface area contributed by atoms with Crippen LogP contribution in [0.1, 0.15) is 0 Å². The van der Waals surface area contributed by atoms with Crippen molar-refractivity contribution in [3.05, 3.63) is 20.7 Å². The van der Waals surface area contributed by atoms with Crippen LogP contribution in [0.4, 0.5) is 0 Å². The molecule has 0 aliphatic carbocycles. The molecule has 0 aliphatic rings. The molecule has 0 heterocycles. The average Bonchev–Trinajstić information content (AvgIpc) is 2.55. The number of hydrogen-bond acceptors (Lipinski definition) is 8. The normalized spacial score (nSPS) is 12.5. The predicted molar refractivity (Wildman–Crippen MR) is 76.9 cm³/mol. The molecule has 0 aromatic carbocycles. The fourth-order valence-electron chi connectivity index (χ4n) is 1.19. The molecule has 0 aromatic heterocycles. The van der Waals surface area contributed by atoms with Crippen molar-refractivity contribution >= 4 is 51.4 Å². The summed E-state index contributed by atoms with van der Waals surface area (Å²) in [7, 11) is 4.05. The Kier molecular flexibility index (Phi) is 8.43. The van der Waals surface area contributed by atoms with Crippen LogP contribution in [0.5, 0.6) is 0 Å². The molecule has 0 spiro atoms. The molecule has 0 N–H and O–H groups in total. The molecule has 0 saturated heterocycles. The van der Waals surface area contributed by atoms with Crippen molar-refractivity contribution in [2.45, 2.75) is 0 Å². The van der Waals surface area contributed by atoms with Crippen molar-refractivity contribution in [2.75, 3.05) is 28.4 Å². The van der Waals surface area contributed by atoms with Crippen molar-refractivity contribution in [2.24, 2.45) is 0 Å². The summed E-state index contributed by atoms with van der Waals surface area (Å²) < 4.78 is 17.3. The molecule has 0 fully saturated rings. The summed E-state index contributed by atoms with van der Waals surface area (Å²) in [6.45, 7) is 0. The van der Waals surface area contributed by atoms with E-state index >= 15 is 0 Å². The molecule has 0 saturated carbocycles. The van der Waals surface area contributed by atoms with E-state index in [4.69, 9.17) is 11.6 Å². The van der Waals surface area contributed by atoms with Crippen LogP contribution in [0, 0.1) is 0 Å². The monoisotopic (exact) mass is 398 g/mol. The topological polar surface area (TPSA) is 105 Å². The van der Waals surface area contributed by atoms with Crippen molar-refractivity contribution < 1.29 is 38.1 Å². The zero-order valence-corrected chi connectivity index (χ0v) is 14.4. The van der Waals surface area contributed by atoms with Crippen LogP contribution in [0.25, 0.3) is 0 Å². The average molecular weight is 400 g/mol. The lowest BCUT2D eigenvalue weighted by Crippen LogP contribution is -2.21. The standard InChI is InChI=1S/C12H12BrClO8/c1-19-9(15)5(7(13)11(17)21-3)6(10(16)20-2)8(14)12(18)22-4/h1-4H3/b7-5+,8-6+. The van der Waals surface area contributed by atoms with Crippen LogP contribution in [-0.4, -0.2) is 52.3 Å². The van der Waals surface area contributed by atoms with Crippen LogP contribution in [0.3, 0.4) is 0 Å². The van der Waals surface area contributed by atoms with E-state index in [1.54, 1.807) is 0 Å². The van der Waals surface area contributed by atoms with Gasteiger partial charge in [-0.25, -0.2) is 19.2 Å². The second-order valence-electron chi connectivity index (χ2n) is 3.34. The number of esters is 4. The highest BCUT2D eigenvalue weighted by Crippen LogP contribution is 2.28. The van der Waals surface area contributed by atoms with E-state index in [0.29, 0.717) is 0 Å². The van der Waals surface area contributed by atoms with E-state index in [1.165, 1.54) is 0 Å². The molecule has 0 unspecified atom stereocenters. The first-order valence-corrected chi connectivity index (χ1v) is 6.56. The lowest BCUT2D eigenvalue weighted by molar-refractivity contribution is -0.141. The Balaban J connectivity index is 6.60. The Morgan fingerprint density at radius 1 is 0.682 bits per heavy atom. The molecular formula is C12H12BrClO8. The first-order chi connectivity index (χ1) is 10.3. The minimum absolute atomic E-state index is 0.482. The van der Waals surface area contributed by atoms with Gasteiger partial charge in [-0.05, 0) is 15.9 Å². The van der Waals surface area contributed by atoms with Gasteiger partial charge < -0.3 is 18.9 Å². The Morgan fingerprint density at radius 2 is 1.05 bits per heavy atom. The maximum Gasteiger partial charge on any atom is 0.350 e. The van der Waals surface area contributed by atoms with E-state index in [2.05, 4.69) is 34.9 Å². The fourth-order valence-corrected chi connectivity index (χ4v) is 1.96. The molecule has 0 bridgehead atoms. The molecule has 0 aromatic rings. The van der Waals surface area contributed by atoms with Crippen molar-refractivity contribution in [1.29, 1.82) is 0 Å². The van der Waals surface area contributed by atoms with Gasteiger partial charge in [-0.15, -0.1) is 0 Å². The van der Waals surface area contributed by atoms with Gasteiger partial charge in [0.15, 0.2) is 0 Å². The maximum absolute atomic E-state index is 11.9. The quantitative estimate of drug-likeness (QED) is 0.290. The van der Waals surface area contributed by atoms with E-state index in [9.17, 15) is 19.2 Å². The molecular weight excluding hydrogens is 387 g/mol. The van der Waals surface area contributed by atoms with Gasteiger partial charge in [0.2, 0.25) is 0 Å². The van der Waals surface area contributed by atoms with Crippen LogP contribution in [-0.2, 0) is 38.1 Å². The smallest absolute Gasteiger partial charge is 0.350 e. The van der Waals surface area contributed by atoms with Gasteiger partial charge in [-0.2, -0.15) is 0 Å². The summed E-state index contributed by atoms with van der Waals surface area (Å²) in [5.41, 5.74) is -1.35. The number of ether oxygens (including phenoxy) is 4. The third-order valence-electron chi connectivity index (χ3n) is 2.20. The maximum atomic E-state index is 11.9. The third-order valence-corrected chi connectivity index (χ3v) is 3.26. The molecule has 0 rings (SSSR count). The summed E-state index contributed by atoms with van der Waals surface area (Å²) in [4.78, 5) is 46.9. The molecule has 0 radical (unpaired) electrons. The van der Waals surface area contributed by atoms with Gasteiger partial charge in [0, 0.05) is 0 Å². The Bertz CT molecular complexity index is 513. The van der Waals surface area contributed by atoms with Gasteiger partial charge in [0.1, 0.15) is 15.1 Å². The predicted octanol–water partition coefficient (Wildman–Crippen LogP) is 0.820. The van der Waals surface area contributed by atoms with Crippen molar-refractivity contribution in [1.82, 2.24) is 0 Å². The Morgan fingerprint density at radius 3 is 1.41 bits per heavy atom. The van der Waals surface area contributed by atoms with Crippen LogP contribution in [0.15, 0.2) is 20.7 Å². The number of carbonyl (C=O) groups excluding carboxylic acids is 4. The van der Waals surface area contributed by atoms with Gasteiger partial charge in [-0.3, -0.25) is 0 Å². The van der Waals surface area contributed by atoms with Gasteiger partial charge in [0.05, 0.1) is 34.0 Å². The summed E-state index contributed by atoms with van der Waals surface area (Å²) in [6, 6.07) is 0. The largest absolute Gasteiger partial charge is 0.465 e. The Labute approximate surface area is 139 Å². The number of halogens is 2. The summed E-state index contributed by atoms with van der Waals surface area (Å²) >= 11 is 8.55. The highest BCUT2D eigenvalue weighted by Gasteiger charge is 2.33. The highest BCUT2D eigenvalue weighted by molar-refractivity contribution is 9.12. The van der Waals surface area contributed by atoms with Crippen molar-refractivity contribution in [3.8, 4) is 0 Å². The van der Waals surface area contributed by atoms with E-state index in [0.717, 1.165) is 28.4 Å². The summed E-state index contributed by atoms with van der Waals surface area (Å²) in [5, 5.41) is -0.768. The first kappa shape index (κ1) is 20.1. The van der Waals surface area contributed by atoms with Gasteiger partial charge in [0.25, 0.3) is 0 Å². The highest BCUT2D eigenvalue weighted by atomic mass is 79.9. The summed E-state index contributed by atoms with van der Waals surface area (Å²) in [6.07, 6.45) is 0. The number of rotatable bonds is 5. The van der Waals surface area contributed by atoms with E-state index in [1.807, 2.05) is 0 Å². The van der Waals surface area contributed by atoms with Crippen LogP contribution in [0.2, 0.25) is 0 Å². The van der Waals surface area contributed by atoms with Crippen LogP contribution >= 0.6 is 27.5 Å². The number of hydrogen-bond donors (Lipinski definition) is 0. The molecule has 0 aliphatic heterocycles. The van der Waals surface area contributed by atoms with E-state index in [-0.39, 0.29) is 0 Å². The molecule has 0 atom stereocenters. The third kappa shape index (κ3) is 4.57. The fraction of sp³-hybridized carbons (Fsp3) is 0.333. The zero-order valence-electron chi connectivity index (χ0n) is 12.0. The minimum atomic E-state index is -1.16. The lowest BCUT2D eigenvalue weighted by atomic mass is 10.1. The van der Waals surface area contributed by atoms with Crippen LogP contribution < -0.4 is 0 Å². The first-order valence-electron chi connectivity index (χ1n) is 5.39. The summed E-state index contributed by atoms with van der Waals surface area (Å²) in [5.74, 6) is -4.40. The minimum Gasteiger partial charge on any atom is -0.465 e. The molecule has 122 valence electrons. The van der Waals surface area contributed by atoms with E-state index < -0.39 is 44.5 Å². The Hall–Kier alpha value is -1.87. The molecule has 0 amide bonds. The molecule has 22 heavy (non-hydrogen) atoms. The lowest BCUT2D eigenvalue weighted by Gasteiger charge is -2.12. The van der Waals surface area contributed by atoms with Gasteiger partial charge >= 0.3 is 23.9 Å². The zero-order chi connectivity index (χ0) is 17.4. The molecule has 10 heteroatoms.